The maximum Gasteiger partial charge on any atom is 0.413 e. The molecule has 2 aromatic carbocycles. The number of hydrogen-bond donors (Lipinski definition) is 1. The fourth-order valence-electron chi connectivity index (χ4n) is 8.17. The number of alkyl halides is 1. The first-order valence-electron chi connectivity index (χ1n) is 19.4. The number of amides is 2. The molecule has 2 aromatic heterocycles. The molecule has 2 unspecified atom stereocenters. The van der Waals surface area contributed by atoms with Crippen LogP contribution in [0, 0.1) is 22.9 Å². The zero-order chi connectivity index (χ0) is 40.6. The molecule has 0 spiro atoms. The third-order valence-corrected chi connectivity index (χ3v) is 11.8. The number of aromatic nitrogens is 3. The number of benzene rings is 2. The van der Waals surface area contributed by atoms with Gasteiger partial charge in [0, 0.05) is 49.1 Å². The number of likely N-dealkylation sites (tertiary alicyclic amines) is 1. The van der Waals surface area contributed by atoms with Crippen LogP contribution < -0.4 is 15.0 Å². The number of carbonyl (C=O) groups is 2. The van der Waals surface area contributed by atoms with Crippen LogP contribution >= 0.6 is 11.3 Å². The number of ether oxygens (including phenoxy) is 3. The van der Waals surface area contributed by atoms with Crippen LogP contribution in [-0.4, -0.2) is 106 Å². The van der Waals surface area contributed by atoms with E-state index in [-0.39, 0.29) is 67.7 Å². The minimum Gasteiger partial charge on any atom is -0.463 e. The first kappa shape index (κ1) is 39.3. The molecule has 0 radical (unpaired) electrons. The van der Waals surface area contributed by atoms with Crippen LogP contribution in [0.5, 0.6) is 6.01 Å². The Morgan fingerprint density at radius 3 is 2.25 bits per heavy atom. The van der Waals surface area contributed by atoms with Gasteiger partial charge in [-0.2, -0.15) is 9.97 Å². The summed E-state index contributed by atoms with van der Waals surface area (Å²) in [7, 11) is 0. The van der Waals surface area contributed by atoms with Gasteiger partial charge in [0.1, 0.15) is 40.3 Å². The second-order valence-electron chi connectivity index (χ2n) is 17.8. The number of hydrogen-bond acceptors (Lipinski definition) is 11. The number of fused-ring (bicyclic) bond motifs is 4. The topological polar surface area (TPSA) is 122 Å². The Morgan fingerprint density at radius 2 is 1.61 bits per heavy atom. The van der Waals surface area contributed by atoms with Crippen molar-refractivity contribution in [3.05, 3.63) is 35.7 Å². The van der Waals surface area contributed by atoms with E-state index in [1.807, 2.05) is 25.7 Å². The van der Waals surface area contributed by atoms with Gasteiger partial charge in [0.2, 0.25) is 0 Å². The number of anilines is 2. The highest BCUT2D eigenvalue weighted by Crippen LogP contribution is 2.48. The van der Waals surface area contributed by atoms with E-state index in [1.165, 1.54) is 12.1 Å². The number of halogens is 4. The lowest BCUT2D eigenvalue weighted by molar-refractivity contribution is 0.0122. The summed E-state index contributed by atoms with van der Waals surface area (Å²) in [5.41, 5.74) is -2.51. The Kier molecular flexibility index (Phi) is 9.93. The Hall–Kier alpha value is -4.51. The van der Waals surface area contributed by atoms with Gasteiger partial charge >= 0.3 is 18.2 Å². The van der Waals surface area contributed by atoms with E-state index in [1.54, 1.807) is 25.7 Å². The molecule has 57 heavy (non-hydrogen) atoms. The SMILES string of the molecule is CC(C)(C)OC(=O)Nc1nc2c(-c3c(F)cc4c(N5CC6CCC(C5)N6C(=O)OC(C)(C)C)nc(OCC5(CN6CC[C@@H](F)C6)CC5)nc4c3F)ccc(F)c2s1. The zero-order valence-electron chi connectivity index (χ0n) is 32.9. The average Bonchev–Trinajstić information content (AvgIpc) is 3.37. The predicted octanol–water partition coefficient (Wildman–Crippen LogP) is 8.46. The second kappa shape index (κ2) is 14.4. The average molecular weight is 814 g/mol. The number of piperazine rings is 1. The summed E-state index contributed by atoms with van der Waals surface area (Å²) in [6.45, 7) is 13.1. The lowest BCUT2D eigenvalue weighted by Crippen LogP contribution is -2.57. The van der Waals surface area contributed by atoms with E-state index in [0.717, 1.165) is 43.1 Å². The Balaban J connectivity index is 1.17. The first-order chi connectivity index (χ1) is 26.8. The highest BCUT2D eigenvalue weighted by atomic mass is 32.1. The monoisotopic (exact) mass is 813 g/mol. The van der Waals surface area contributed by atoms with Gasteiger partial charge in [-0.05, 0) is 91.8 Å². The van der Waals surface area contributed by atoms with Crippen molar-refractivity contribution >= 4 is 55.6 Å². The van der Waals surface area contributed by atoms with Crippen LogP contribution in [0.4, 0.5) is 38.1 Å². The summed E-state index contributed by atoms with van der Waals surface area (Å²) in [5, 5.41) is 2.57. The number of nitrogens with zero attached hydrogens (tertiary/aromatic N) is 6. The minimum atomic E-state index is -1.02. The second-order valence-corrected chi connectivity index (χ2v) is 18.8. The smallest absolute Gasteiger partial charge is 0.413 e. The highest BCUT2D eigenvalue weighted by molar-refractivity contribution is 7.22. The van der Waals surface area contributed by atoms with Crippen LogP contribution in [0.1, 0.15) is 73.6 Å². The molecular formula is C40H47F4N7O5S. The van der Waals surface area contributed by atoms with Gasteiger partial charge in [-0.25, -0.2) is 32.1 Å². The fourth-order valence-corrected chi connectivity index (χ4v) is 9.05. The molecule has 3 aliphatic heterocycles. The van der Waals surface area contributed by atoms with Gasteiger partial charge in [0.05, 0.1) is 34.5 Å². The Labute approximate surface area is 331 Å². The Bertz CT molecular complexity index is 2230. The van der Waals surface area contributed by atoms with Crippen molar-refractivity contribution in [3.63, 3.8) is 0 Å². The third kappa shape index (κ3) is 8.14. The maximum absolute atomic E-state index is 17.1. The van der Waals surface area contributed by atoms with Crippen molar-refractivity contribution in [1.82, 2.24) is 24.8 Å². The summed E-state index contributed by atoms with van der Waals surface area (Å²) < 4.78 is 80.1. The normalized spacial score (nSPS) is 22.0. The van der Waals surface area contributed by atoms with Crippen molar-refractivity contribution in [1.29, 1.82) is 0 Å². The first-order valence-corrected chi connectivity index (χ1v) is 20.2. The molecule has 4 aliphatic rings. The zero-order valence-corrected chi connectivity index (χ0v) is 33.7. The molecule has 1 aliphatic carbocycles. The fraction of sp³-hybridized carbons (Fsp3) is 0.575. The van der Waals surface area contributed by atoms with E-state index < -0.39 is 52.6 Å². The number of thiazole rings is 1. The summed E-state index contributed by atoms with van der Waals surface area (Å²) in [4.78, 5) is 45.2. The quantitative estimate of drug-likeness (QED) is 0.174. The van der Waals surface area contributed by atoms with Crippen LogP contribution in [0.25, 0.3) is 32.2 Å². The van der Waals surface area contributed by atoms with Crippen molar-refractivity contribution in [2.75, 3.05) is 49.5 Å². The molecule has 2 amide bonds. The lowest BCUT2D eigenvalue weighted by atomic mass is 10.0. The predicted molar refractivity (Wildman–Crippen MR) is 208 cm³/mol. The van der Waals surface area contributed by atoms with Crippen LogP contribution in [0.2, 0.25) is 0 Å². The molecule has 8 rings (SSSR count). The minimum absolute atomic E-state index is 0.0161. The summed E-state index contributed by atoms with van der Waals surface area (Å²) in [5.74, 6) is -2.41. The molecule has 306 valence electrons. The maximum atomic E-state index is 17.1. The van der Waals surface area contributed by atoms with Crippen molar-refractivity contribution in [2.24, 2.45) is 5.41 Å². The molecule has 17 heteroatoms. The van der Waals surface area contributed by atoms with Crippen LogP contribution in [-0.2, 0) is 9.47 Å². The van der Waals surface area contributed by atoms with E-state index in [9.17, 15) is 14.0 Å². The molecule has 1 saturated carbocycles. The lowest BCUT2D eigenvalue weighted by Gasteiger charge is -2.42. The summed E-state index contributed by atoms with van der Waals surface area (Å²) in [6, 6.07) is 2.95. The van der Waals surface area contributed by atoms with Crippen LogP contribution in [0.3, 0.4) is 0 Å². The highest BCUT2D eigenvalue weighted by Gasteiger charge is 2.47. The van der Waals surface area contributed by atoms with Gasteiger partial charge in [-0.1, -0.05) is 11.3 Å². The molecule has 5 heterocycles. The Morgan fingerprint density at radius 1 is 0.912 bits per heavy atom. The van der Waals surface area contributed by atoms with Gasteiger partial charge in [-0.3, -0.25) is 15.1 Å². The number of rotatable bonds is 8. The van der Waals surface area contributed by atoms with Crippen molar-refractivity contribution < 1.29 is 41.4 Å². The van der Waals surface area contributed by atoms with E-state index in [4.69, 9.17) is 19.2 Å². The van der Waals surface area contributed by atoms with E-state index >= 15 is 13.2 Å². The number of carbonyl (C=O) groups excluding carboxylic acids is 2. The molecule has 1 N–H and O–H groups in total. The molecular weight excluding hydrogens is 767 g/mol. The van der Waals surface area contributed by atoms with Crippen LogP contribution in [0.15, 0.2) is 18.2 Å². The van der Waals surface area contributed by atoms with Gasteiger partial charge < -0.3 is 19.1 Å². The summed E-state index contributed by atoms with van der Waals surface area (Å²) >= 11 is 0.807. The molecule has 12 nitrogen and oxygen atoms in total. The van der Waals surface area contributed by atoms with E-state index in [0.29, 0.717) is 39.1 Å². The molecule has 2 bridgehead atoms. The molecule has 3 saturated heterocycles. The largest absolute Gasteiger partial charge is 0.463 e. The standard InChI is InChI=1S/C40H47F4N7O5S/c1-38(2,3)55-36(52)48-35-46-31-24(9-10-26(42)32(31)57-35)28-27(43)15-25-30(29(28)44)45-34(54-20-40(12-13-40)19-49-14-11-21(41)16-49)47-33(25)50-17-22-7-8-23(18-50)51(22)37(53)56-39(4,5)6/h9-10,15,21-23H,7-8,11-14,16-20H2,1-6H3,(H,46,48,52)/t21-,22?,23?/m1/s1. The van der Waals surface area contributed by atoms with E-state index in [2.05, 4.69) is 20.2 Å². The number of nitrogens with one attached hydrogen (secondary N) is 1. The van der Waals surface area contributed by atoms with Gasteiger partial charge in [0.15, 0.2) is 10.9 Å². The molecule has 4 fully saturated rings. The molecule has 3 atom stereocenters. The third-order valence-electron chi connectivity index (χ3n) is 10.8. The van der Waals surface area contributed by atoms with Gasteiger partial charge in [0.25, 0.3) is 0 Å². The van der Waals surface area contributed by atoms with Crippen molar-refractivity contribution in [3.8, 4) is 17.1 Å². The van der Waals surface area contributed by atoms with Crippen molar-refractivity contribution in [2.45, 2.75) is 103 Å². The van der Waals surface area contributed by atoms with Gasteiger partial charge in [-0.15, -0.1) is 0 Å². The summed E-state index contributed by atoms with van der Waals surface area (Å²) in [6.07, 6.45) is 1.61. The molecule has 4 aromatic rings.